The summed E-state index contributed by atoms with van der Waals surface area (Å²) in [7, 11) is 1.96. The van der Waals surface area contributed by atoms with E-state index in [9.17, 15) is 9.90 Å². The number of aromatic amines is 1. The molecule has 0 radical (unpaired) electrons. The first kappa shape index (κ1) is 18.1. The van der Waals surface area contributed by atoms with Crippen LogP contribution in [0.1, 0.15) is 28.9 Å². The van der Waals surface area contributed by atoms with Gasteiger partial charge in [0.25, 0.3) is 5.91 Å². The van der Waals surface area contributed by atoms with E-state index < -0.39 is 5.60 Å². The molecule has 1 spiro atoms. The smallest absolute Gasteiger partial charge is 0.270 e. The SMILES string of the molecule is Cn1ncc2c1-c1ccccc1OC21CCN(C(=O)c2cc3cc(O)ccc3[nH]2)CC1. The molecule has 4 heterocycles. The molecule has 1 fully saturated rings. The van der Waals surface area contributed by atoms with E-state index >= 15 is 0 Å². The van der Waals surface area contributed by atoms with Crippen LogP contribution in [0.25, 0.3) is 22.2 Å². The number of fused-ring (bicyclic) bond motifs is 5. The van der Waals surface area contributed by atoms with E-state index in [4.69, 9.17) is 4.74 Å². The molecule has 1 amide bonds. The van der Waals surface area contributed by atoms with Crippen molar-refractivity contribution in [2.45, 2.75) is 18.4 Å². The van der Waals surface area contributed by atoms with E-state index in [0.29, 0.717) is 31.6 Å². The van der Waals surface area contributed by atoms with E-state index in [1.807, 2.05) is 41.0 Å². The first-order chi connectivity index (χ1) is 15.0. The topological polar surface area (TPSA) is 83.4 Å². The van der Waals surface area contributed by atoms with Gasteiger partial charge in [0.15, 0.2) is 0 Å². The average Bonchev–Trinajstić information content (AvgIpc) is 3.38. The number of carbonyl (C=O) groups excluding carboxylic acids is 1. The number of ether oxygens (including phenoxy) is 1. The summed E-state index contributed by atoms with van der Waals surface area (Å²) >= 11 is 0. The van der Waals surface area contributed by atoms with Crippen molar-refractivity contribution in [3.8, 4) is 22.8 Å². The molecule has 0 saturated carbocycles. The number of phenolic OH excluding ortho intramolecular Hbond substituents is 1. The molecule has 6 rings (SSSR count). The van der Waals surface area contributed by atoms with Crippen molar-refractivity contribution >= 4 is 16.8 Å². The minimum Gasteiger partial charge on any atom is -0.508 e. The molecular weight excluding hydrogens is 392 g/mol. The van der Waals surface area contributed by atoms with Crippen LogP contribution in [0.3, 0.4) is 0 Å². The molecule has 2 aromatic carbocycles. The van der Waals surface area contributed by atoms with Crippen molar-refractivity contribution in [3.63, 3.8) is 0 Å². The lowest BCUT2D eigenvalue weighted by Crippen LogP contribution is -2.49. The third-order valence-corrected chi connectivity index (χ3v) is 6.57. The third kappa shape index (κ3) is 2.66. The molecule has 7 heteroatoms. The Kier molecular flexibility index (Phi) is 3.72. The molecule has 31 heavy (non-hydrogen) atoms. The highest BCUT2D eigenvalue weighted by atomic mass is 16.5. The van der Waals surface area contributed by atoms with Gasteiger partial charge in [0.2, 0.25) is 0 Å². The lowest BCUT2D eigenvalue weighted by Gasteiger charge is -2.44. The second-order valence-corrected chi connectivity index (χ2v) is 8.37. The zero-order valence-corrected chi connectivity index (χ0v) is 17.1. The van der Waals surface area contributed by atoms with Crippen molar-refractivity contribution < 1.29 is 14.6 Å². The number of piperidine rings is 1. The number of aromatic hydroxyl groups is 1. The standard InChI is InChI=1S/C24H22N4O3/c1-27-22-17-4-2-3-5-21(17)31-24(18(22)14-25-27)8-10-28(11-9-24)23(30)20-13-15-12-16(29)6-7-19(15)26-20/h2-7,12-14,26,29H,8-11H2,1H3. The Labute approximate surface area is 178 Å². The number of likely N-dealkylation sites (tertiary alicyclic amines) is 1. The summed E-state index contributed by atoms with van der Waals surface area (Å²) in [5.74, 6) is 1.02. The Hall–Kier alpha value is -3.74. The normalized spacial score (nSPS) is 16.7. The number of aromatic nitrogens is 3. The lowest BCUT2D eigenvalue weighted by molar-refractivity contribution is -0.00187. The fourth-order valence-electron chi connectivity index (χ4n) is 4.96. The van der Waals surface area contributed by atoms with Crippen molar-refractivity contribution in [2.24, 2.45) is 7.05 Å². The van der Waals surface area contributed by atoms with Crippen LogP contribution in [0.4, 0.5) is 0 Å². The van der Waals surface area contributed by atoms with Crippen LogP contribution >= 0.6 is 0 Å². The Morgan fingerprint density at radius 1 is 1.16 bits per heavy atom. The average molecular weight is 414 g/mol. The Balaban J connectivity index is 1.28. The number of carbonyl (C=O) groups is 1. The quantitative estimate of drug-likeness (QED) is 0.496. The maximum absolute atomic E-state index is 13.1. The Bertz CT molecular complexity index is 1330. The van der Waals surface area contributed by atoms with Gasteiger partial charge in [-0.25, -0.2) is 0 Å². The summed E-state index contributed by atoms with van der Waals surface area (Å²) in [6.07, 6.45) is 3.31. The van der Waals surface area contributed by atoms with Crippen LogP contribution in [0.15, 0.2) is 54.7 Å². The summed E-state index contributed by atoms with van der Waals surface area (Å²) in [5.41, 5.74) is 4.15. The van der Waals surface area contributed by atoms with Crippen molar-refractivity contribution in [1.29, 1.82) is 0 Å². The number of aryl methyl sites for hydroxylation is 1. The number of para-hydroxylation sites is 1. The number of hydrogen-bond acceptors (Lipinski definition) is 4. The summed E-state index contributed by atoms with van der Waals surface area (Å²) in [6, 6.07) is 14.9. The van der Waals surface area contributed by atoms with Crippen LogP contribution in [0.2, 0.25) is 0 Å². The van der Waals surface area contributed by atoms with Gasteiger partial charge in [-0.15, -0.1) is 0 Å². The molecule has 156 valence electrons. The Morgan fingerprint density at radius 3 is 2.81 bits per heavy atom. The van der Waals surface area contributed by atoms with Crippen molar-refractivity contribution in [2.75, 3.05) is 13.1 Å². The zero-order chi connectivity index (χ0) is 21.2. The summed E-state index contributed by atoms with van der Waals surface area (Å²) < 4.78 is 8.48. The molecule has 0 atom stereocenters. The highest BCUT2D eigenvalue weighted by Crippen LogP contribution is 2.49. The molecule has 0 aliphatic carbocycles. The number of rotatable bonds is 1. The maximum atomic E-state index is 13.1. The molecule has 2 aromatic heterocycles. The number of nitrogens with one attached hydrogen (secondary N) is 1. The molecule has 2 aliphatic rings. The number of H-pyrrole nitrogens is 1. The van der Waals surface area contributed by atoms with Gasteiger partial charge < -0.3 is 19.7 Å². The van der Waals surface area contributed by atoms with Gasteiger partial charge in [-0.05, 0) is 36.4 Å². The largest absolute Gasteiger partial charge is 0.508 e. The second kappa shape index (κ2) is 6.38. The highest BCUT2D eigenvalue weighted by molar-refractivity contribution is 5.98. The van der Waals surface area contributed by atoms with Crippen LogP contribution < -0.4 is 4.74 Å². The molecule has 2 aliphatic heterocycles. The molecule has 7 nitrogen and oxygen atoms in total. The number of nitrogens with zero attached hydrogens (tertiary/aromatic N) is 3. The predicted molar refractivity (Wildman–Crippen MR) is 116 cm³/mol. The predicted octanol–water partition coefficient (Wildman–Crippen LogP) is 3.80. The monoisotopic (exact) mass is 414 g/mol. The maximum Gasteiger partial charge on any atom is 0.270 e. The van der Waals surface area contributed by atoms with E-state index in [1.54, 1.807) is 24.3 Å². The van der Waals surface area contributed by atoms with Crippen molar-refractivity contribution in [1.82, 2.24) is 19.7 Å². The molecule has 0 unspecified atom stereocenters. The van der Waals surface area contributed by atoms with Gasteiger partial charge in [0.05, 0.1) is 11.9 Å². The number of amides is 1. The minimum atomic E-state index is -0.471. The van der Waals surface area contributed by atoms with Gasteiger partial charge in [0.1, 0.15) is 22.8 Å². The van der Waals surface area contributed by atoms with Crippen LogP contribution in [-0.4, -0.2) is 43.8 Å². The highest BCUT2D eigenvalue weighted by Gasteiger charge is 2.45. The van der Waals surface area contributed by atoms with Crippen LogP contribution in [0.5, 0.6) is 11.5 Å². The van der Waals surface area contributed by atoms with Crippen LogP contribution in [0, 0.1) is 0 Å². The van der Waals surface area contributed by atoms with Gasteiger partial charge in [-0.2, -0.15) is 5.10 Å². The fraction of sp³-hybridized carbons (Fsp3) is 0.250. The van der Waals surface area contributed by atoms with Crippen LogP contribution in [-0.2, 0) is 12.6 Å². The minimum absolute atomic E-state index is 0.0341. The number of hydrogen-bond donors (Lipinski definition) is 2. The van der Waals surface area contributed by atoms with Gasteiger partial charge in [-0.1, -0.05) is 12.1 Å². The van der Waals surface area contributed by atoms with Gasteiger partial charge in [-0.3, -0.25) is 9.48 Å². The molecule has 0 bridgehead atoms. The lowest BCUT2D eigenvalue weighted by atomic mass is 9.81. The number of phenols is 1. The van der Waals surface area contributed by atoms with E-state index in [0.717, 1.165) is 33.5 Å². The van der Waals surface area contributed by atoms with Gasteiger partial charge >= 0.3 is 0 Å². The summed E-state index contributed by atoms with van der Waals surface area (Å²) in [5, 5.41) is 15.0. The van der Waals surface area contributed by atoms with E-state index in [-0.39, 0.29) is 11.7 Å². The molecule has 1 saturated heterocycles. The summed E-state index contributed by atoms with van der Waals surface area (Å²) in [6.45, 7) is 1.19. The first-order valence-corrected chi connectivity index (χ1v) is 10.5. The fourth-order valence-corrected chi connectivity index (χ4v) is 4.96. The second-order valence-electron chi connectivity index (χ2n) is 8.37. The third-order valence-electron chi connectivity index (χ3n) is 6.57. The summed E-state index contributed by atoms with van der Waals surface area (Å²) in [4.78, 5) is 18.2. The van der Waals surface area contributed by atoms with E-state index in [2.05, 4.69) is 16.1 Å². The van der Waals surface area contributed by atoms with Gasteiger partial charge in [0, 0.05) is 55.0 Å². The molecular formula is C24H22N4O3. The molecule has 4 aromatic rings. The first-order valence-electron chi connectivity index (χ1n) is 10.5. The molecule has 2 N–H and O–H groups in total. The van der Waals surface area contributed by atoms with E-state index in [1.165, 1.54) is 0 Å². The Morgan fingerprint density at radius 2 is 1.97 bits per heavy atom. The number of benzene rings is 2. The zero-order valence-electron chi connectivity index (χ0n) is 17.1. The van der Waals surface area contributed by atoms with Crippen molar-refractivity contribution in [3.05, 3.63) is 66.0 Å².